The Hall–Kier alpha value is -1.22. The summed E-state index contributed by atoms with van der Waals surface area (Å²) in [5.74, 6) is -0.605. The molecule has 0 aliphatic heterocycles. The summed E-state index contributed by atoms with van der Waals surface area (Å²) in [4.78, 5) is 23.3. The number of phosphoric acid groups is 1. The van der Waals surface area contributed by atoms with Gasteiger partial charge in [-0.1, -0.05) is 141 Å². The van der Waals surface area contributed by atoms with E-state index in [1.165, 1.54) is 89.5 Å². The number of aliphatic hydroxyl groups is 7. The maximum Gasteiger partial charge on any atom is 0.472 e. The number of amides is 1. The van der Waals surface area contributed by atoms with Crippen molar-refractivity contribution in [1.29, 1.82) is 0 Å². The van der Waals surface area contributed by atoms with Crippen molar-refractivity contribution in [1.82, 2.24) is 5.32 Å². The summed E-state index contributed by atoms with van der Waals surface area (Å²) in [6.07, 6.45) is 18.7. The van der Waals surface area contributed by atoms with Gasteiger partial charge in [0.05, 0.1) is 31.3 Å². The molecule has 1 aliphatic carbocycles. The quantitative estimate of drug-likeness (QED) is 0.0207. The second-order valence-corrected chi connectivity index (χ2v) is 16.8. The van der Waals surface area contributed by atoms with Gasteiger partial charge in [-0.25, -0.2) is 4.57 Å². The van der Waals surface area contributed by atoms with Crippen LogP contribution in [0.2, 0.25) is 0 Å². The zero-order valence-corrected chi connectivity index (χ0v) is 34.7. The highest BCUT2D eigenvalue weighted by Crippen LogP contribution is 2.47. The Bertz CT molecular complexity index is 1050. The molecule has 1 aliphatic rings. The number of carbonyl (C=O) groups excluding carboxylic acids is 1. The summed E-state index contributed by atoms with van der Waals surface area (Å²) in [6, 6.07) is -1.24. The Kier molecular flexibility index (Phi) is 29.9. The molecule has 8 atom stereocenters. The maximum atomic E-state index is 12.9. The van der Waals surface area contributed by atoms with Crippen LogP contribution in [0.4, 0.5) is 0 Å². The van der Waals surface area contributed by atoms with E-state index in [4.69, 9.17) is 9.05 Å². The first-order valence-electron chi connectivity index (χ1n) is 21.4. The summed E-state index contributed by atoms with van der Waals surface area (Å²) in [5.41, 5.74) is 0. The van der Waals surface area contributed by atoms with Gasteiger partial charge in [0.15, 0.2) is 0 Å². The SMILES string of the molecule is CCCCCCCCC/C=C/C(O)C(COP(=O)(O)OC1C(O)C(O)C(O)C(O)C1O)NC(=O)CC(O)CCCCC/C=C\CCCCCCCCCCC. The minimum Gasteiger partial charge on any atom is -0.393 e. The molecule has 324 valence electrons. The fourth-order valence-corrected chi connectivity index (χ4v) is 7.67. The van der Waals surface area contributed by atoms with Gasteiger partial charge in [0.2, 0.25) is 5.91 Å². The topological polar surface area (TPSA) is 226 Å². The van der Waals surface area contributed by atoms with Crippen LogP contribution in [-0.4, -0.2) is 108 Å². The Balaban J connectivity index is 2.55. The maximum absolute atomic E-state index is 12.9. The highest BCUT2D eigenvalue weighted by Gasteiger charge is 2.51. The third kappa shape index (κ3) is 24.3. The molecule has 0 aromatic carbocycles. The summed E-state index contributed by atoms with van der Waals surface area (Å²) in [5, 5.41) is 74.1. The second kappa shape index (κ2) is 31.7. The van der Waals surface area contributed by atoms with Gasteiger partial charge in [-0.3, -0.25) is 13.8 Å². The van der Waals surface area contributed by atoms with Crippen LogP contribution in [0, 0.1) is 0 Å². The summed E-state index contributed by atoms with van der Waals surface area (Å²) in [6.45, 7) is 3.67. The number of aliphatic hydroxyl groups excluding tert-OH is 7. The fourth-order valence-electron chi connectivity index (χ4n) is 6.70. The molecular weight excluding hydrogens is 729 g/mol. The lowest BCUT2D eigenvalue weighted by Gasteiger charge is -2.41. The van der Waals surface area contributed by atoms with Crippen molar-refractivity contribution in [3.8, 4) is 0 Å². The summed E-state index contributed by atoms with van der Waals surface area (Å²) >= 11 is 0. The van der Waals surface area contributed by atoms with Crippen LogP contribution in [0.15, 0.2) is 24.3 Å². The standard InChI is InChI=1S/C41H78NO12P/c1-3-5-7-9-11-13-14-15-16-17-18-19-21-22-24-26-28-32(43)30-35(45)42-33(34(44)29-27-25-23-20-12-10-8-6-4-2)31-53-55(51,52)54-41-39(49)37(47)36(46)38(48)40(41)50/h18-19,27,29,32-34,36-41,43-44,46-50H,3-17,20-26,28,30-31H2,1-2H3,(H,42,45)(H,51,52)/b19-18-,29-27+. The predicted molar refractivity (Wildman–Crippen MR) is 215 cm³/mol. The lowest BCUT2D eigenvalue weighted by Crippen LogP contribution is -2.64. The molecule has 13 nitrogen and oxygen atoms in total. The first-order chi connectivity index (χ1) is 26.3. The molecule has 1 fully saturated rings. The van der Waals surface area contributed by atoms with E-state index in [1.807, 2.05) is 0 Å². The van der Waals surface area contributed by atoms with Crippen LogP contribution in [-0.2, 0) is 18.4 Å². The molecule has 0 aromatic heterocycles. The average molecular weight is 808 g/mol. The highest BCUT2D eigenvalue weighted by molar-refractivity contribution is 7.47. The molecule has 9 N–H and O–H groups in total. The molecule has 0 heterocycles. The zero-order chi connectivity index (χ0) is 40.9. The van der Waals surface area contributed by atoms with E-state index in [9.17, 15) is 50.0 Å². The van der Waals surface area contributed by atoms with E-state index >= 15 is 0 Å². The van der Waals surface area contributed by atoms with Gasteiger partial charge in [-0.2, -0.15) is 0 Å². The van der Waals surface area contributed by atoms with Crippen molar-refractivity contribution in [2.75, 3.05) is 6.61 Å². The molecule has 0 radical (unpaired) electrons. The molecule has 0 aromatic rings. The number of hydrogen-bond donors (Lipinski definition) is 9. The molecule has 1 rings (SSSR count). The number of allylic oxidation sites excluding steroid dienone is 3. The number of carbonyl (C=O) groups is 1. The van der Waals surface area contributed by atoms with E-state index in [2.05, 4.69) is 31.3 Å². The lowest BCUT2D eigenvalue weighted by atomic mass is 9.85. The Morgan fingerprint density at radius 2 is 1.05 bits per heavy atom. The summed E-state index contributed by atoms with van der Waals surface area (Å²) < 4.78 is 22.7. The van der Waals surface area contributed by atoms with Crippen LogP contribution < -0.4 is 5.32 Å². The van der Waals surface area contributed by atoms with Gasteiger partial charge in [0, 0.05) is 0 Å². The molecular formula is C41H78NO12P. The van der Waals surface area contributed by atoms with E-state index in [-0.39, 0.29) is 6.42 Å². The lowest BCUT2D eigenvalue weighted by molar-refractivity contribution is -0.220. The van der Waals surface area contributed by atoms with Crippen LogP contribution in [0.1, 0.15) is 168 Å². The second-order valence-electron chi connectivity index (χ2n) is 15.4. The number of rotatable bonds is 34. The van der Waals surface area contributed by atoms with Gasteiger partial charge in [-0.15, -0.1) is 0 Å². The largest absolute Gasteiger partial charge is 0.472 e. The average Bonchev–Trinajstić information content (AvgIpc) is 3.15. The van der Waals surface area contributed by atoms with E-state index in [1.54, 1.807) is 6.08 Å². The minimum atomic E-state index is -5.13. The molecule has 14 heteroatoms. The summed E-state index contributed by atoms with van der Waals surface area (Å²) in [7, 11) is -5.13. The monoisotopic (exact) mass is 808 g/mol. The Labute approximate surface area is 331 Å². The zero-order valence-electron chi connectivity index (χ0n) is 33.8. The molecule has 0 saturated heterocycles. The molecule has 0 bridgehead atoms. The predicted octanol–water partition coefficient (Wildman–Crippen LogP) is 6.03. The third-order valence-corrected chi connectivity index (χ3v) is 11.3. The molecule has 1 amide bonds. The van der Waals surface area contributed by atoms with Crippen LogP contribution in [0.25, 0.3) is 0 Å². The van der Waals surface area contributed by atoms with Crippen molar-refractivity contribution in [2.45, 2.75) is 223 Å². The fraction of sp³-hybridized carbons (Fsp3) is 0.878. The molecule has 1 saturated carbocycles. The van der Waals surface area contributed by atoms with Crippen LogP contribution >= 0.6 is 7.82 Å². The van der Waals surface area contributed by atoms with Crippen molar-refractivity contribution < 1.29 is 59.0 Å². The molecule has 0 spiro atoms. The first-order valence-corrected chi connectivity index (χ1v) is 22.9. The smallest absolute Gasteiger partial charge is 0.393 e. The Morgan fingerprint density at radius 3 is 1.55 bits per heavy atom. The first kappa shape index (κ1) is 51.8. The molecule has 55 heavy (non-hydrogen) atoms. The minimum absolute atomic E-state index is 0.255. The van der Waals surface area contributed by atoms with Gasteiger partial charge < -0.3 is 46.0 Å². The number of nitrogens with one attached hydrogen (secondary N) is 1. The normalized spacial score (nSPS) is 24.6. The van der Waals surface area contributed by atoms with E-state index < -0.39 is 75.2 Å². The van der Waals surface area contributed by atoms with E-state index in [0.717, 1.165) is 51.4 Å². The van der Waals surface area contributed by atoms with Crippen molar-refractivity contribution in [3.63, 3.8) is 0 Å². The Morgan fingerprint density at radius 1 is 0.636 bits per heavy atom. The van der Waals surface area contributed by atoms with Crippen LogP contribution in [0.3, 0.4) is 0 Å². The number of phosphoric ester groups is 1. The van der Waals surface area contributed by atoms with E-state index in [0.29, 0.717) is 12.8 Å². The van der Waals surface area contributed by atoms with Gasteiger partial charge >= 0.3 is 7.82 Å². The van der Waals surface area contributed by atoms with Crippen molar-refractivity contribution >= 4 is 13.7 Å². The molecule has 8 unspecified atom stereocenters. The van der Waals surface area contributed by atoms with Gasteiger partial charge in [0.1, 0.15) is 36.6 Å². The van der Waals surface area contributed by atoms with Crippen LogP contribution in [0.5, 0.6) is 0 Å². The van der Waals surface area contributed by atoms with Crippen molar-refractivity contribution in [3.05, 3.63) is 24.3 Å². The highest BCUT2D eigenvalue weighted by atomic mass is 31.2. The van der Waals surface area contributed by atoms with Crippen molar-refractivity contribution in [2.24, 2.45) is 0 Å². The number of unbranched alkanes of at least 4 members (excludes halogenated alkanes) is 19. The van der Waals surface area contributed by atoms with Gasteiger partial charge in [0.25, 0.3) is 0 Å². The number of hydrogen-bond acceptors (Lipinski definition) is 11. The van der Waals surface area contributed by atoms with Gasteiger partial charge in [-0.05, 0) is 44.9 Å². The third-order valence-electron chi connectivity index (χ3n) is 10.3.